The van der Waals surface area contributed by atoms with Crippen molar-refractivity contribution in [3.05, 3.63) is 71.1 Å². The Hall–Kier alpha value is -2.77. The van der Waals surface area contributed by atoms with Gasteiger partial charge >= 0.3 is 0 Å². The molecule has 0 unspecified atom stereocenters. The van der Waals surface area contributed by atoms with Crippen molar-refractivity contribution in [3.8, 4) is 5.75 Å². The number of carbonyl (C=O) groups is 1. The molecule has 0 aliphatic carbocycles. The molecule has 6 nitrogen and oxygen atoms in total. The van der Waals surface area contributed by atoms with E-state index in [1.54, 1.807) is 11.8 Å². The lowest BCUT2D eigenvalue weighted by Gasteiger charge is -2.12. The highest BCUT2D eigenvalue weighted by molar-refractivity contribution is 7.98. The molecular formula is C24H29N3O3S. The summed E-state index contributed by atoms with van der Waals surface area (Å²) in [6.45, 7) is 5.49. The van der Waals surface area contributed by atoms with Crippen LogP contribution >= 0.6 is 11.8 Å². The lowest BCUT2D eigenvalue weighted by atomic mass is 10.2. The third-order valence-corrected chi connectivity index (χ3v) is 5.92. The molecule has 0 atom stereocenters. The number of hydrogen-bond donors (Lipinski definition) is 1. The molecule has 0 aliphatic heterocycles. The van der Waals surface area contributed by atoms with Gasteiger partial charge in [-0.25, -0.2) is 0 Å². The lowest BCUT2D eigenvalue weighted by molar-refractivity contribution is 0.102. The van der Waals surface area contributed by atoms with Gasteiger partial charge in [-0.3, -0.25) is 4.79 Å². The standard InChI is InChI=1S/C24H29N3O3S/c1-17-22(18(2)30-26-17)16-31-23-9-6-5-8-21(23)24(28)25-19-10-12-20(13-11-19)29-15-7-14-27(3)4/h5-6,8-13H,7,14-16H2,1-4H3,(H,25,28). The largest absolute Gasteiger partial charge is 0.494 e. The predicted octanol–water partition coefficient (Wildman–Crippen LogP) is 5.17. The van der Waals surface area contributed by atoms with E-state index in [1.165, 1.54) is 0 Å². The van der Waals surface area contributed by atoms with Crippen molar-refractivity contribution < 1.29 is 14.1 Å². The number of nitrogens with one attached hydrogen (secondary N) is 1. The minimum Gasteiger partial charge on any atom is -0.494 e. The maximum atomic E-state index is 12.9. The zero-order valence-corrected chi connectivity index (χ0v) is 19.3. The maximum Gasteiger partial charge on any atom is 0.256 e. The van der Waals surface area contributed by atoms with Gasteiger partial charge in [-0.15, -0.1) is 11.8 Å². The normalized spacial score (nSPS) is 11.0. The van der Waals surface area contributed by atoms with Crippen LogP contribution in [0.5, 0.6) is 5.75 Å². The molecule has 1 aromatic heterocycles. The average molecular weight is 440 g/mol. The quantitative estimate of drug-likeness (QED) is 0.347. The summed E-state index contributed by atoms with van der Waals surface area (Å²) >= 11 is 1.60. The summed E-state index contributed by atoms with van der Waals surface area (Å²) in [7, 11) is 4.09. The third-order valence-electron chi connectivity index (χ3n) is 4.82. The van der Waals surface area contributed by atoms with E-state index in [1.807, 2.05) is 76.5 Å². The Morgan fingerprint density at radius 1 is 1.13 bits per heavy atom. The van der Waals surface area contributed by atoms with E-state index in [9.17, 15) is 4.79 Å². The molecule has 3 aromatic rings. The highest BCUT2D eigenvalue weighted by atomic mass is 32.2. The average Bonchev–Trinajstić information content (AvgIpc) is 3.08. The van der Waals surface area contributed by atoms with Crippen LogP contribution in [0.25, 0.3) is 0 Å². The molecule has 1 heterocycles. The summed E-state index contributed by atoms with van der Waals surface area (Å²) in [6.07, 6.45) is 0.966. The van der Waals surface area contributed by atoms with Gasteiger partial charge in [0.2, 0.25) is 0 Å². The van der Waals surface area contributed by atoms with Gasteiger partial charge in [-0.2, -0.15) is 0 Å². The van der Waals surface area contributed by atoms with Crippen molar-refractivity contribution in [2.24, 2.45) is 0 Å². The molecule has 3 rings (SSSR count). The molecule has 0 saturated heterocycles. The zero-order chi connectivity index (χ0) is 22.2. The van der Waals surface area contributed by atoms with Gasteiger partial charge in [0.05, 0.1) is 17.9 Å². The number of benzene rings is 2. The first-order valence-corrected chi connectivity index (χ1v) is 11.2. The van der Waals surface area contributed by atoms with Crippen LogP contribution in [0.2, 0.25) is 0 Å². The summed E-state index contributed by atoms with van der Waals surface area (Å²) in [4.78, 5) is 15.9. The number of carbonyl (C=O) groups excluding carboxylic acids is 1. The molecule has 0 spiro atoms. The number of anilines is 1. The summed E-state index contributed by atoms with van der Waals surface area (Å²) in [6, 6.07) is 15.1. The number of thioether (sulfide) groups is 1. The van der Waals surface area contributed by atoms with Crippen molar-refractivity contribution in [2.45, 2.75) is 30.9 Å². The maximum absolute atomic E-state index is 12.9. The first-order chi connectivity index (χ1) is 14.9. The summed E-state index contributed by atoms with van der Waals surface area (Å²) in [5, 5.41) is 6.98. The highest BCUT2D eigenvalue weighted by Gasteiger charge is 2.14. The second kappa shape index (κ2) is 11.0. The number of hydrogen-bond acceptors (Lipinski definition) is 6. The Balaban J connectivity index is 1.59. The van der Waals surface area contributed by atoms with Crippen LogP contribution in [0.15, 0.2) is 57.9 Å². The molecule has 0 radical (unpaired) electrons. The smallest absolute Gasteiger partial charge is 0.256 e. The Labute approximate surface area is 188 Å². The summed E-state index contributed by atoms with van der Waals surface area (Å²) in [5.41, 5.74) is 3.33. The van der Waals surface area contributed by atoms with Crippen LogP contribution in [-0.2, 0) is 5.75 Å². The van der Waals surface area contributed by atoms with Crippen LogP contribution in [0.4, 0.5) is 5.69 Å². The van der Waals surface area contributed by atoms with Gasteiger partial charge < -0.3 is 19.5 Å². The van der Waals surface area contributed by atoms with E-state index < -0.39 is 0 Å². The molecular weight excluding hydrogens is 410 g/mol. The molecule has 0 fully saturated rings. The van der Waals surface area contributed by atoms with Crippen molar-refractivity contribution in [2.75, 3.05) is 32.6 Å². The van der Waals surface area contributed by atoms with Crippen LogP contribution in [0, 0.1) is 13.8 Å². The number of amides is 1. The van der Waals surface area contributed by atoms with E-state index in [0.717, 1.165) is 46.3 Å². The summed E-state index contributed by atoms with van der Waals surface area (Å²) in [5.74, 6) is 2.18. The highest BCUT2D eigenvalue weighted by Crippen LogP contribution is 2.29. The topological polar surface area (TPSA) is 67.6 Å². The summed E-state index contributed by atoms with van der Waals surface area (Å²) < 4.78 is 11.0. The van der Waals surface area contributed by atoms with Crippen LogP contribution < -0.4 is 10.1 Å². The fraction of sp³-hybridized carbons (Fsp3) is 0.333. The predicted molar refractivity (Wildman–Crippen MR) is 125 cm³/mol. The Kier molecular flexibility index (Phi) is 8.14. The second-order valence-corrected chi connectivity index (χ2v) is 8.59. The first kappa shape index (κ1) is 22.9. The van der Waals surface area contributed by atoms with E-state index in [2.05, 4.69) is 15.4 Å². The molecule has 31 heavy (non-hydrogen) atoms. The van der Waals surface area contributed by atoms with Gasteiger partial charge in [-0.1, -0.05) is 17.3 Å². The fourth-order valence-electron chi connectivity index (χ4n) is 3.04. The minimum atomic E-state index is -0.137. The van der Waals surface area contributed by atoms with Gasteiger partial charge in [-0.05, 0) is 70.8 Å². The Morgan fingerprint density at radius 2 is 1.87 bits per heavy atom. The van der Waals surface area contributed by atoms with Crippen molar-refractivity contribution in [1.82, 2.24) is 10.1 Å². The Bertz CT molecular complexity index is 980. The van der Waals surface area contributed by atoms with Crippen LogP contribution in [-0.4, -0.2) is 43.2 Å². The molecule has 1 N–H and O–H groups in total. The minimum absolute atomic E-state index is 0.137. The van der Waals surface area contributed by atoms with Crippen molar-refractivity contribution >= 4 is 23.4 Å². The van der Waals surface area contributed by atoms with E-state index in [4.69, 9.17) is 9.26 Å². The SMILES string of the molecule is Cc1noc(C)c1CSc1ccccc1C(=O)Nc1ccc(OCCCN(C)C)cc1. The number of aromatic nitrogens is 1. The van der Waals surface area contributed by atoms with Gasteiger partial charge in [0.1, 0.15) is 11.5 Å². The van der Waals surface area contributed by atoms with Gasteiger partial charge in [0.15, 0.2) is 0 Å². The fourth-order valence-corrected chi connectivity index (χ4v) is 4.24. The number of ether oxygens (including phenoxy) is 1. The molecule has 0 bridgehead atoms. The molecule has 0 aliphatic rings. The van der Waals surface area contributed by atoms with E-state index >= 15 is 0 Å². The second-order valence-electron chi connectivity index (χ2n) is 7.57. The first-order valence-electron chi connectivity index (χ1n) is 10.3. The van der Waals surface area contributed by atoms with Crippen LogP contribution in [0.1, 0.15) is 33.8 Å². The molecule has 2 aromatic carbocycles. The Morgan fingerprint density at radius 3 is 2.55 bits per heavy atom. The number of rotatable bonds is 10. The molecule has 1 amide bonds. The molecule has 7 heteroatoms. The number of aryl methyl sites for hydroxylation is 2. The van der Waals surface area contributed by atoms with Crippen LogP contribution in [0.3, 0.4) is 0 Å². The third kappa shape index (κ3) is 6.60. The monoisotopic (exact) mass is 439 g/mol. The van der Waals surface area contributed by atoms with Gasteiger partial charge in [0, 0.05) is 28.4 Å². The molecule has 164 valence electrons. The number of nitrogens with zero attached hydrogens (tertiary/aromatic N) is 2. The zero-order valence-electron chi connectivity index (χ0n) is 18.5. The van der Waals surface area contributed by atoms with Gasteiger partial charge in [0.25, 0.3) is 5.91 Å². The van der Waals surface area contributed by atoms with Crippen molar-refractivity contribution in [1.29, 1.82) is 0 Å². The van der Waals surface area contributed by atoms with E-state index in [0.29, 0.717) is 17.9 Å². The lowest BCUT2D eigenvalue weighted by Crippen LogP contribution is -2.15. The van der Waals surface area contributed by atoms with E-state index in [-0.39, 0.29) is 5.91 Å². The van der Waals surface area contributed by atoms with Crippen molar-refractivity contribution in [3.63, 3.8) is 0 Å². The molecule has 0 saturated carbocycles.